The van der Waals surface area contributed by atoms with Gasteiger partial charge in [-0.15, -0.1) is 0 Å². The molecule has 2 rings (SSSR count). The fourth-order valence-corrected chi connectivity index (χ4v) is 1.70. The molecule has 0 bridgehead atoms. The van der Waals surface area contributed by atoms with E-state index in [9.17, 15) is 9.59 Å². The van der Waals surface area contributed by atoms with Gasteiger partial charge in [0.15, 0.2) is 0 Å². The van der Waals surface area contributed by atoms with Gasteiger partial charge in [-0.2, -0.15) is 4.68 Å². The van der Waals surface area contributed by atoms with Crippen molar-refractivity contribution in [2.75, 3.05) is 6.61 Å². The fraction of sp³-hybridized carbons (Fsp3) is 0.636. The first-order chi connectivity index (χ1) is 7.88. The minimum Gasteiger partial charge on any atom is -0.486 e. The summed E-state index contributed by atoms with van der Waals surface area (Å²) in [7, 11) is 0. The highest BCUT2D eigenvalue weighted by Gasteiger charge is 2.26. The average molecular weight is 240 g/mol. The van der Waals surface area contributed by atoms with E-state index in [1.807, 2.05) is 0 Å². The van der Waals surface area contributed by atoms with Crippen molar-refractivity contribution in [3.05, 3.63) is 16.0 Å². The lowest BCUT2D eigenvalue weighted by atomic mass is 10.2. The molecular weight excluding hydrogens is 224 g/mol. The molecule has 6 heteroatoms. The Labute approximate surface area is 98.5 Å². The van der Waals surface area contributed by atoms with E-state index in [1.54, 1.807) is 20.8 Å². The van der Waals surface area contributed by atoms with Gasteiger partial charge in [0.25, 0.3) is 0 Å². The van der Waals surface area contributed by atoms with Crippen molar-refractivity contribution >= 4 is 6.09 Å². The molecular formula is C11H16N2O4. The fourth-order valence-electron chi connectivity index (χ4n) is 1.70. The number of hydrogen-bond donors (Lipinski definition) is 1. The minimum atomic E-state index is -0.597. The molecule has 0 saturated heterocycles. The number of ether oxygens (including phenoxy) is 2. The maximum Gasteiger partial charge on any atom is 0.433 e. The highest BCUT2D eigenvalue weighted by molar-refractivity contribution is 5.71. The van der Waals surface area contributed by atoms with E-state index >= 15 is 0 Å². The highest BCUT2D eigenvalue weighted by Crippen LogP contribution is 2.21. The van der Waals surface area contributed by atoms with Crippen molar-refractivity contribution in [3.8, 4) is 5.75 Å². The Bertz CT molecular complexity index is 493. The van der Waals surface area contributed by atoms with Gasteiger partial charge in [0.1, 0.15) is 5.60 Å². The summed E-state index contributed by atoms with van der Waals surface area (Å²) in [6.45, 7) is 5.83. The van der Waals surface area contributed by atoms with Crippen molar-refractivity contribution in [3.63, 3.8) is 0 Å². The topological polar surface area (TPSA) is 73.3 Å². The number of fused-ring (bicyclic) bond motifs is 1. The number of aromatic amines is 1. The molecule has 0 fully saturated rings. The van der Waals surface area contributed by atoms with E-state index in [-0.39, 0.29) is 11.3 Å². The maximum absolute atomic E-state index is 11.9. The summed E-state index contributed by atoms with van der Waals surface area (Å²) in [4.78, 5) is 23.4. The normalized spacial score (nSPS) is 15.0. The minimum absolute atomic E-state index is 0.238. The van der Waals surface area contributed by atoms with E-state index in [0.717, 1.165) is 11.1 Å². The Morgan fingerprint density at radius 1 is 1.47 bits per heavy atom. The zero-order valence-electron chi connectivity index (χ0n) is 10.2. The number of nitrogens with one attached hydrogen (secondary N) is 1. The van der Waals surface area contributed by atoms with Crippen LogP contribution in [-0.4, -0.2) is 28.1 Å². The molecule has 1 aromatic heterocycles. The van der Waals surface area contributed by atoms with Crippen LogP contribution in [0.25, 0.3) is 0 Å². The highest BCUT2D eigenvalue weighted by atomic mass is 16.6. The van der Waals surface area contributed by atoms with E-state index in [1.165, 1.54) is 0 Å². The summed E-state index contributed by atoms with van der Waals surface area (Å²) in [5.74, 6) is 0.238. The Morgan fingerprint density at radius 2 is 2.18 bits per heavy atom. The molecule has 0 amide bonds. The van der Waals surface area contributed by atoms with Crippen LogP contribution in [0.5, 0.6) is 5.75 Å². The maximum atomic E-state index is 11.9. The van der Waals surface area contributed by atoms with Crippen LogP contribution in [-0.2, 0) is 11.2 Å². The van der Waals surface area contributed by atoms with Crippen molar-refractivity contribution < 1.29 is 14.3 Å². The average Bonchev–Trinajstić information content (AvgIpc) is 2.55. The molecule has 1 N–H and O–H groups in total. The summed E-state index contributed by atoms with van der Waals surface area (Å²) >= 11 is 0. The van der Waals surface area contributed by atoms with Crippen LogP contribution in [0.2, 0.25) is 0 Å². The number of carbonyl (C=O) groups excluding carboxylic acids is 1. The zero-order chi connectivity index (χ0) is 12.6. The van der Waals surface area contributed by atoms with Crippen molar-refractivity contribution in [2.24, 2.45) is 0 Å². The molecule has 0 spiro atoms. The van der Waals surface area contributed by atoms with Crippen LogP contribution in [0.4, 0.5) is 4.79 Å². The molecule has 94 valence electrons. The molecule has 0 aliphatic carbocycles. The second-order valence-corrected chi connectivity index (χ2v) is 4.98. The smallest absolute Gasteiger partial charge is 0.433 e. The first-order valence-electron chi connectivity index (χ1n) is 5.58. The lowest BCUT2D eigenvalue weighted by molar-refractivity contribution is 0.0506. The Morgan fingerprint density at radius 3 is 2.82 bits per heavy atom. The van der Waals surface area contributed by atoms with Crippen LogP contribution >= 0.6 is 0 Å². The van der Waals surface area contributed by atoms with Gasteiger partial charge in [-0.3, -0.25) is 9.89 Å². The predicted octanol–water partition coefficient (Wildman–Crippen LogP) is 1.28. The van der Waals surface area contributed by atoms with Crippen LogP contribution in [0, 0.1) is 0 Å². The number of nitrogens with zero attached hydrogens (tertiary/aromatic N) is 1. The van der Waals surface area contributed by atoms with Gasteiger partial charge in [0.2, 0.25) is 5.75 Å². The van der Waals surface area contributed by atoms with Gasteiger partial charge < -0.3 is 9.47 Å². The Hall–Kier alpha value is -1.72. The van der Waals surface area contributed by atoms with Crippen molar-refractivity contribution in [1.29, 1.82) is 0 Å². The van der Waals surface area contributed by atoms with Crippen LogP contribution in [0.3, 0.4) is 0 Å². The zero-order valence-corrected chi connectivity index (χ0v) is 10.2. The summed E-state index contributed by atoms with van der Waals surface area (Å²) in [6.07, 6.45) is 0.835. The molecule has 0 saturated carbocycles. The van der Waals surface area contributed by atoms with E-state index in [2.05, 4.69) is 5.10 Å². The molecule has 0 atom stereocenters. The summed E-state index contributed by atoms with van der Waals surface area (Å²) in [5.41, 5.74) is -0.415. The molecule has 0 aromatic carbocycles. The molecule has 17 heavy (non-hydrogen) atoms. The third-order valence-electron chi connectivity index (χ3n) is 2.33. The number of carbonyl (C=O) groups is 1. The largest absolute Gasteiger partial charge is 0.486 e. The first kappa shape index (κ1) is 11.8. The lowest BCUT2D eigenvalue weighted by Crippen LogP contribution is -2.29. The third kappa shape index (κ3) is 2.35. The summed E-state index contributed by atoms with van der Waals surface area (Å²) in [5, 5.41) is 2.44. The first-order valence-corrected chi connectivity index (χ1v) is 5.58. The Balaban J connectivity index is 2.33. The number of H-pyrrole nitrogens is 1. The summed E-state index contributed by atoms with van der Waals surface area (Å²) in [6, 6.07) is 0. The number of aromatic nitrogens is 2. The molecule has 6 nitrogen and oxygen atoms in total. The van der Waals surface area contributed by atoms with Crippen LogP contribution in [0.15, 0.2) is 4.79 Å². The molecule has 1 aliphatic heterocycles. The van der Waals surface area contributed by atoms with Gasteiger partial charge in [0, 0.05) is 0 Å². The van der Waals surface area contributed by atoms with E-state index in [4.69, 9.17) is 9.47 Å². The van der Waals surface area contributed by atoms with Crippen LogP contribution in [0.1, 0.15) is 32.9 Å². The second kappa shape index (κ2) is 3.94. The molecule has 0 unspecified atom stereocenters. The Kier molecular flexibility index (Phi) is 2.73. The second-order valence-electron chi connectivity index (χ2n) is 4.98. The van der Waals surface area contributed by atoms with Gasteiger partial charge >= 0.3 is 11.7 Å². The van der Waals surface area contributed by atoms with Crippen molar-refractivity contribution in [2.45, 2.75) is 39.2 Å². The monoisotopic (exact) mass is 240 g/mol. The van der Waals surface area contributed by atoms with Crippen LogP contribution < -0.4 is 10.3 Å². The lowest BCUT2D eigenvalue weighted by Gasteiger charge is -2.20. The molecule has 1 aliphatic rings. The van der Waals surface area contributed by atoms with Gasteiger partial charge in [0.05, 0.1) is 12.3 Å². The van der Waals surface area contributed by atoms with E-state index in [0.29, 0.717) is 18.7 Å². The van der Waals surface area contributed by atoms with Gasteiger partial charge in [-0.1, -0.05) is 0 Å². The standard InChI is InChI=1S/C11H16N2O4/c1-11(2,3)17-10(15)13-7-5-4-6-16-8(7)9(14)12-13/h4-6H2,1-3H3,(H,12,14). The van der Waals surface area contributed by atoms with Crippen molar-refractivity contribution in [1.82, 2.24) is 9.78 Å². The third-order valence-corrected chi connectivity index (χ3v) is 2.33. The summed E-state index contributed by atoms with van der Waals surface area (Å²) < 4.78 is 11.6. The van der Waals surface area contributed by atoms with E-state index < -0.39 is 11.7 Å². The quantitative estimate of drug-likeness (QED) is 0.741. The predicted molar refractivity (Wildman–Crippen MR) is 60.5 cm³/mol. The number of hydrogen-bond acceptors (Lipinski definition) is 4. The SMILES string of the molecule is CC(C)(C)OC(=O)n1[nH]c(=O)c2c1CCCO2. The molecule has 2 heterocycles. The van der Waals surface area contributed by atoms with Gasteiger partial charge in [-0.05, 0) is 33.6 Å². The molecule has 1 aromatic rings. The molecule has 0 radical (unpaired) electrons. The number of rotatable bonds is 0. The van der Waals surface area contributed by atoms with Gasteiger partial charge in [-0.25, -0.2) is 4.79 Å².